The molecule has 4 heterocycles. The second kappa shape index (κ2) is 21.4. The number of allylic oxidation sites excluding steroid dienone is 7. The van der Waals surface area contributed by atoms with Gasteiger partial charge in [-0.15, -0.1) is 0 Å². The van der Waals surface area contributed by atoms with Gasteiger partial charge in [-0.1, -0.05) is 12.1 Å². The van der Waals surface area contributed by atoms with Gasteiger partial charge >= 0.3 is 0 Å². The summed E-state index contributed by atoms with van der Waals surface area (Å²) in [6, 6.07) is 13.9. The van der Waals surface area contributed by atoms with Gasteiger partial charge in [0.15, 0.2) is 5.71 Å². The van der Waals surface area contributed by atoms with Crippen LogP contribution in [-0.2, 0) is 72.1 Å². The van der Waals surface area contributed by atoms with Crippen LogP contribution in [0.15, 0.2) is 123 Å². The minimum Gasteiger partial charge on any atom is -0.457 e. The van der Waals surface area contributed by atoms with Crippen LogP contribution in [0.25, 0.3) is 0 Å². The predicted molar refractivity (Wildman–Crippen MR) is 281 cm³/mol. The lowest BCUT2D eigenvalue weighted by Gasteiger charge is -2.34. The molecule has 5 N–H and O–H groups in total. The van der Waals surface area contributed by atoms with E-state index in [-0.39, 0.29) is 67.4 Å². The summed E-state index contributed by atoms with van der Waals surface area (Å²) in [7, 11) is -17.8. The maximum Gasteiger partial charge on any atom is 0.294 e. The molecular weight excluding hydrogens is 1060 g/mol. The Labute approximate surface area is 442 Å². The molecule has 3 aromatic carbocycles. The predicted octanol–water partition coefficient (Wildman–Crippen LogP) is 5.89. The van der Waals surface area contributed by atoms with Crippen molar-refractivity contribution in [3.63, 3.8) is 0 Å². The first-order chi connectivity index (χ1) is 35.6. The number of amides is 3. The zero-order valence-corrected chi connectivity index (χ0v) is 45.2. The van der Waals surface area contributed by atoms with Gasteiger partial charge in [0, 0.05) is 73.7 Å². The minimum absolute atomic E-state index is 0.00879. The Bertz CT molecular complexity index is 3580. The minimum atomic E-state index is -4.73. The largest absolute Gasteiger partial charge is 0.457 e. The quantitative estimate of drug-likeness (QED) is 0.0381. The average Bonchev–Trinajstić information content (AvgIpc) is 3.86. The molecule has 24 heteroatoms. The van der Waals surface area contributed by atoms with E-state index in [1.807, 2.05) is 66.7 Å². The van der Waals surface area contributed by atoms with Crippen molar-refractivity contribution in [2.45, 2.75) is 99.2 Å². The molecule has 0 aromatic heterocycles. The maximum atomic E-state index is 13.4. The molecule has 3 aromatic rings. The first-order valence-corrected chi connectivity index (χ1v) is 30.7. The molecule has 3 amide bonds. The fourth-order valence-electron chi connectivity index (χ4n) is 10.7. The molecule has 2 bridgehead atoms. The zero-order chi connectivity index (χ0) is 55.2. The van der Waals surface area contributed by atoms with Crippen molar-refractivity contribution in [2.75, 3.05) is 42.6 Å². The lowest BCUT2D eigenvalue weighted by atomic mass is 9.72. The normalized spacial score (nSPS) is 19.4. The van der Waals surface area contributed by atoms with Crippen molar-refractivity contribution >= 4 is 75.3 Å². The van der Waals surface area contributed by atoms with Crippen molar-refractivity contribution in [3.05, 3.63) is 136 Å². The highest BCUT2D eigenvalue weighted by atomic mass is 32.2. The summed E-state index contributed by atoms with van der Waals surface area (Å²) in [6.07, 6.45) is 12.7. The van der Waals surface area contributed by atoms with Gasteiger partial charge in [-0.2, -0.15) is 38.2 Å². The zero-order valence-electron chi connectivity index (χ0n) is 41.9. The first-order valence-electron chi connectivity index (χ1n) is 24.6. The number of fused-ring (bicyclic) bond motifs is 8. The number of unbranched alkanes of at least 4 members (excludes halogenated alkanes) is 2. The van der Waals surface area contributed by atoms with E-state index >= 15 is 0 Å². The summed E-state index contributed by atoms with van der Waals surface area (Å²) < 4.78 is 145. The van der Waals surface area contributed by atoms with E-state index in [0.29, 0.717) is 83.1 Å². The molecule has 5 aliphatic rings. The fraction of sp³-hybridized carbons (Fsp3) is 0.385. The second-order valence-electron chi connectivity index (χ2n) is 20.0. The highest BCUT2D eigenvalue weighted by Gasteiger charge is 2.48. The van der Waals surface area contributed by atoms with Crippen molar-refractivity contribution in [1.82, 2.24) is 10.2 Å². The molecule has 1 atom stereocenters. The van der Waals surface area contributed by atoms with E-state index in [2.05, 4.69) is 5.32 Å². The third kappa shape index (κ3) is 12.0. The maximum absolute atomic E-state index is 13.4. The number of carbonyl (C=O) groups is 3. The summed E-state index contributed by atoms with van der Waals surface area (Å²) in [5.74, 6) is -1.38. The molecule has 0 radical (unpaired) electrons. The molecule has 0 spiro atoms. The van der Waals surface area contributed by atoms with Crippen LogP contribution < -0.4 is 15.0 Å². The van der Waals surface area contributed by atoms with Crippen molar-refractivity contribution in [1.29, 1.82) is 0 Å². The van der Waals surface area contributed by atoms with Crippen LogP contribution in [0, 0.1) is 0 Å². The average molecular weight is 1120 g/mol. The summed E-state index contributed by atoms with van der Waals surface area (Å²) in [6.45, 7) is 6.19. The van der Waals surface area contributed by atoms with Crippen LogP contribution in [0.3, 0.4) is 0 Å². The van der Waals surface area contributed by atoms with Crippen molar-refractivity contribution in [2.24, 2.45) is 0 Å². The Hall–Kier alpha value is -6.12. The van der Waals surface area contributed by atoms with Crippen LogP contribution >= 0.6 is 0 Å². The number of hydrogen-bond acceptors (Lipinski definition) is 13. The number of rotatable bonds is 20. The van der Waals surface area contributed by atoms with Crippen LogP contribution in [0.2, 0.25) is 0 Å². The highest BCUT2D eigenvalue weighted by molar-refractivity contribution is 7.86. The topological polar surface area (TPSA) is 299 Å². The van der Waals surface area contributed by atoms with E-state index in [4.69, 9.17) is 4.74 Å². The molecule has 0 saturated heterocycles. The Morgan fingerprint density at radius 2 is 1.37 bits per heavy atom. The number of benzene rings is 3. The molecule has 0 fully saturated rings. The van der Waals surface area contributed by atoms with Crippen LogP contribution in [-0.4, -0.2) is 122 Å². The Balaban J connectivity index is 1.24. The van der Waals surface area contributed by atoms with Gasteiger partial charge in [-0.3, -0.25) is 37.5 Å². The number of hydrogen-bond donors (Lipinski definition) is 5. The number of imide groups is 1. The van der Waals surface area contributed by atoms with Crippen LogP contribution in [0.5, 0.6) is 5.75 Å². The van der Waals surface area contributed by atoms with Crippen molar-refractivity contribution < 1.29 is 75.6 Å². The Morgan fingerprint density at radius 1 is 0.724 bits per heavy atom. The van der Waals surface area contributed by atoms with Gasteiger partial charge in [0.2, 0.25) is 11.6 Å². The summed E-state index contributed by atoms with van der Waals surface area (Å²) in [5, 5.41) is 2.77. The second-order valence-corrected chi connectivity index (χ2v) is 25.9. The van der Waals surface area contributed by atoms with Gasteiger partial charge < -0.3 is 15.0 Å². The monoisotopic (exact) mass is 1120 g/mol. The molecule has 4 aliphatic heterocycles. The molecule has 1 aliphatic carbocycles. The number of anilines is 1. The molecule has 8 rings (SSSR count). The molecule has 20 nitrogen and oxygen atoms in total. The fourth-order valence-corrected chi connectivity index (χ4v) is 12.9. The smallest absolute Gasteiger partial charge is 0.294 e. The van der Waals surface area contributed by atoms with Gasteiger partial charge in [-0.05, 0) is 148 Å². The van der Waals surface area contributed by atoms with E-state index in [1.54, 1.807) is 18.2 Å². The molecule has 0 saturated carbocycles. The Kier molecular flexibility index (Phi) is 15.8. The summed E-state index contributed by atoms with van der Waals surface area (Å²) >= 11 is 0. The third-order valence-electron chi connectivity index (χ3n) is 14.5. The molecular formula is C52H59N4O16S4+. The van der Waals surface area contributed by atoms with Crippen LogP contribution in [0.4, 0.5) is 11.4 Å². The van der Waals surface area contributed by atoms with E-state index in [9.17, 15) is 66.3 Å². The number of carbonyl (C=O) groups excluding carboxylic acids is 3. The van der Waals surface area contributed by atoms with E-state index < -0.39 is 74.6 Å². The number of nitrogens with zero attached hydrogens (tertiary/aromatic N) is 3. The Morgan fingerprint density at radius 3 is 2.03 bits per heavy atom. The van der Waals surface area contributed by atoms with Gasteiger partial charge in [0.1, 0.15) is 18.1 Å². The molecule has 76 heavy (non-hydrogen) atoms. The number of nitrogens with one attached hydrogen (secondary N) is 1. The highest BCUT2D eigenvalue weighted by Crippen LogP contribution is 2.54. The standard InChI is InChI=1S/C52H58N4O16S4/c1-51(2)41-32-38(75(66,67)68)16-18-43(41)54(26-4-6-29-73(60,61)62)45(51)20-12-35-9-8-10-36-13-21-46-52(3,42-33-39(76(69,70)71)17-19-44(42)55(46)27-5-7-30-74(63,64)65)40-31-37(72-50(35)36)15-11-34(40)14-22-47(57)53-25-28-56-48(58)23-24-49(56)59/h11-13,15-21,23-24,31-33H,4-10,14,22,25-30H2,1-3H3,(H4-,53,57,60,61,62,63,64,65,66,67,68,69,70,71)/p+1. The van der Waals surface area contributed by atoms with Crippen LogP contribution in [0.1, 0.15) is 94.4 Å². The SMILES string of the molecule is CC1(C)C(C=CC2=C3Oc4ccc(CCC(=O)NCCN5C(=O)C=CC5=O)c(c4)C4(C)C(=CC=C3CCC2)N(CCCCS(=O)(=O)O)c2ccc(S(=O)(=O)O)cc24)=[N+](CCCCS(=O)(=O)O)c2ccc(S(=O)(=O)O)cc21. The van der Waals surface area contributed by atoms with E-state index in [1.165, 1.54) is 24.3 Å². The van der Waals surface area contributed by atoms with Gasteiger partial charge in [-0.25, -0.2) is 0 Å². The molecule has 1 unspecified atom stereocenters. The lowest BCUT2D eigenvalue weighted by molar-refractivity contribution is -0.438. The molecule has 406 valence electrons. The third-order valence-corrected chi connectivity index (χ3v) is 17.8. The summed E-state index contributed by atoms with van der Waals surface area (Å²) in [4.78, 5) is 39.9. The van der Waals surface area contributed by atoms with Gasteiger partial charge in [0.25, 0.3) is 52.3 Å². The summed E-state index contributed by atoms with van der Waals surface area (Å²) in [5.41, 5.74) is 4.45. The lowest BCUT2D eigenvalue weighted by Crippen LogP contribution is -2.38. The van der Waals surface area contributed by atoms with Crippen molar-refractivity contribution in [3.8, 4) is 5.75 Å². The number of aryl methyl sites for hydroxylation is 1. The number of ether oxygens (including phenoxy) is 1. The first kappa shape index (κ1) is 56.1. The van der Waals surface area contributed by atoms with Gasteiger partial charge in [0.05, 0.1) is 32.1 Å². The van der Waals surface area contributed by atoms with E-state index in [0.717, 1.165) is 33.9 Å².